The van der Waals surface area contributed by atoms with Gasteiger partial charge in [0.05, 0.1) is 63.6 Å². The molecule has 4 saturated carbocycles. The van der Waals surface area contributed by atoms with Gasteiger partial charge in [-0.2, -0.15) is 0 Å². The maximum Gasteiger partial charge on any atom is 0.333 e. The Labute approximate surface area is 370 Å². The van der Waals surface area contributed by atoms with Gasteiger partial charge in [-0.05, 0) is 138 Å². The number of aliphatic hydroxyl groups excluding tert-OH is 2. The van der Waals surface area contributed by atoms with Crippen molar-refractivity contribution in [2.75, 3.05) is 59.3 Å². The maximum atomic E-state index is 12.8. The van der Waals surface area contributed by atoms with E-state index in [1.165, 1.54) is 51.4 Å². The minimum atomic E-state index is -3.66. The molecule has 2 amide bonds. The van der Waals surface area contributed by atoms with Crippen LogP contribution < -0.4 is 10.6 Å². The van der Waals surface area contributed by atoms with Crippen LogP contribution in [0.2, 0.25) is 0 Å². The summed E-state index contributed by atoms with van der Waals surface area (Å²) in [6.07, 6.45) is 20.5. The van der Waals surface area contributed by atoms with E-state index >= 15 is 0 Å². The van der Waals surface area contributed by atoms with Crippen LogP contribution in [0, 0.1) is 46.3 Å². The fraction of sp³-hybridized carbons (Fsp3) is 0.958. The lowest BCUT2D eigenvalue weighted by atomic mass is 9.43. The first-order valence-corrected chi connectivity index (χ1v) is 26.2. The molecule has 0 bridgehead atoms. The molecule has 0 aromatic rings. The quantitative estimate of drug-likeness (QED) is 0.0362. The third-order valence-electron chi connectivity index (χ3n) is 15.8. The molecule has 6 unspecified atom stereocenters. The number of carbonyl (C=O) groups excluding carboxylic acids is 2. The van der Waals surface area contributed by atoms with Gasteiger partial charge in [0, 0.05) is 25.9 Å². The first-order valence-electron chi connectivity index (χ1n) is 24.6. The fourth-order valence-corrected chi connectivity index (χ4v) is 12.7. The summed E-state index contributed by atoms with van der Waals surface area (Å²) in [4.78, 5) is 34.8. The number of hydrogen-bond donors (Lipinski definition) is 5. The zero-order valence-corrected chi connectivity index (χ0v) is 40.2. The molecular formula is C48H89N2O10P. The van der Waals surface area contributed by atoms with Crippen molar-refractivity contribution in [2.45, 2.75) is 187 Å². The Morgan fingerprint density at radius 1 is 0.689 bits per heavy atom. The second-order valence-electron chi connectivity index (χ2n) is 21.0. The molecule has 13 heteroatoms. The zero-order valence-electron chi connectivity index (χ0n) is 39.3. The summed E-state index contributed by atoms with van der Waals surface area (Å²) in [5, 5.41) is 27.2. The molecule has 11 atom stereocenters. The zero-order chi connectivity index (χ0) is 44.5. The van der Waals surface area contributed by atoms with Crippen molar-refractivity contribution in [1.82, 2.24) is 10.6 Å². The van der Waals surface area contributed by atoms with E-state index in [0.29, 0.717) is 87.9 Å². The highest BCUT2D eigenvalue weighted by Crippen LogP contribution is 2.68. The van der Waals surface area contributed by atoms with E-state index in [9.17, 15) is 29.3 Å². The molecule has 0 saturated heterocycles. The standard InChI is InChI=1S/C48H89N2O10P/c1-36(39-18-19-40-45-41(22-24-48(39,40)6)47(5)23-21-38(51)34-37(47)35-42(45)52)17-20-44(54)49-25-15-13-11-9-7-8-10-12-14-16-43(53)50-26-27-57-28-29-58-30-31-59-32-33-60-61(55,56)46(2,3)4/h36-42,45,51-52H,7-35H2,1-6H3,(H,49,54)(H,50,53)(H,55,56)/t36-,37?,38-,39?,40?,41?,42-,45?,47+,48-/m1/s1. The molecule has 0 spiro atoms. The second-order valence-corrected chi connectivity index (χ2v) is 23.6. The highest BCUT2D eigenvalue weighted by Gasteiger charge is 2.62. The number of rotatable bonds is 29. The van der Waals surface area contributed by atoms with E-state index in [4.69, 9.17) is 18.7 Å². The predicted molar refractivity (Wildman–Crippen MR) is 241 cm³/mol. The van der Waals surface area contributed by atoms with Crippen LogP contribution in [0.1, 0.15) is 170 Å². The van der Waals surface area contributed by atoms with Gasteiger partial charge in [-0.3, -0.25) is 14.2 Å². The number of hydrogen-bond acceptors (Lipinski definition) is 9. The lowest BCUT2D eigenvalue weighted by molar-refractivity contribution is -0.174. The van der Waals surface area contributed by atoms with Crippen LogP contribution >= 0.6 is 7.60 Å². The summed E-state index contributed by atoms with van der Waals surface area (Å²) in [6.45, 7) is 15.9. The van der Waals surface area contributed by atoms with Gasteiger partial charge in [0.1, 0.15) is 0 Å². The second kappa shape index (κ2) is 25.5. The Morgan fingerprint density at radius 3 is 1.89 bits per heavy atom. The van der Waals surface area contributed by atoms with Crippen LogP contribution in [0.5, 0.6) is 0 Å². The number of ether oxygens (including phenoxy) is 3. The molecule has 4 fully saturated rings. The largest absolute Gasteiger partial charge is 0.393 e. The van der Waals surface area contributed by atoms with Crippen molar-refractivity contribution in [3.8, 4) is 0 Å². The number of fused-ring (bicyclic) bond motifs is 5. The first kappa shape index (κ1) is 52.5. The van der Waals surface area contributed by atoms with Crippen LogP contribution in [0.4, 0.5) is 0 Å². The fourth-order valence-electron chi connectivity index (χ4n) is 12.0. The van der Waals surface area contributed by atoms with Gasteiger partial charge in [0.15, 0.2) is 0 Å². The summed E-state index contributed by atoms with van der Waals surface area (Å²) in [5.41, 5.74) is 0.515. The molecule has 0 aromatic carbocycles. The van der Waals surface area contributed by atoms with Crippen LogP contribution in [-0.4, -0.2) is 104 Å². The van der Waals surface area contributed by atoms with E-state index in [2.05, 4.69) is 31.4 Å². The minimum Gasteiger partial charge on any atom is -0.393 e. The molecule has 5 N–H and O–H groups in total. The van der Waals surface area contributed by atoms with E-state index in [-0.39, 0.29) is 48.1 Å². The summed E-state index contributed by atoms with van der Waals surface area (Å²) < 4.78 is 33.4. The third-order valence-corrected chi connectivity index (χ3v) is 18.0. The topological polar surface area (TPSA) is 173 Å². The number of nitrogens with one attached hydrogen (secondary N) is 2. The van der Waals surface area contributed by atoms with Gasteiger partial charge in [-0.25, -0.2) is 0 Å². The van der Waals surface area contributed by atoms with Gasteiger partial charge >= 0.3 is 7.60 Å². The predicted octanol–water partition coefficient (Wildman–Crippen LogP) is 8.58. The van der Waals surface area contributed by atoms with Crippen molar-refractivity contribution in [3.63, 3.8) is 0 Å². The van der Waals surface area contributed by atoms with Crippen molar-refractivity contribution < 1.29 is 48.0 Å². The molecule has 0 aromatic heterocycles. The van der Waals surface area contributed by atoms with Gasteiger partial charge in [-0.1, -0.05) is 65.7 Å². The summed E-state index contributed by atoms with van der Waals surface area (Å²) in [7, 11) is -3.66. The Bertz CT molecular complexity index is 1350. The molecule has 61 heavy (non-hydrogen) atoms. The average Bonchev–Trinajstić information content (AvgIpc) is 3.56. The highest BCUT2D eigenvalue weighted by atomic mass is 31.2. The van der Waals surface area contributed by atoms with Crippen molar-refractivity contribution in [3.05, 3.63) is 0 Å². The molecule has 0 heterocycles. The molecule has 4 aliphatic carbocycles. The maximum absolute atomic E-state index is 12.8. The Hall–Kier alpha value is -1.11. The molecule has 356 valence electrons. The third kappa shape index (κ3) is 15.8. The molecular weight excluding hydrogens is 796 g/mol. The number of amides is 2. The average molecular weight is 885 g/mol. The first-order chi connectivity index (χ1) is 29.0. The highest BCUT2D eigenvalue weighted by molar-refractivity contribution is 7.54. The normalized spacial score (nSPS) is 31.4. The Balaban J connectivity index is 0.902. The molecule has 4 rings (SSSR count). The monoisotopic (exact) mass is 885 g/mol. The van der Waals surface area contributed by atoms with Crippen LogP contribution in [0.25, 0.3) is 0 Å². The number of carbonyl (C=O) groups is 2. The smallest absolute Gasteiger partial charge is 0.333 e. The summed E-state index contributed by atoms with van der Waals surface area (Å²) >= 11 is 0. The van der Waals surface area contributed by atoms with E-state index < -0.39 is 12.8 Å². The van der Waals surface area contributed by atoms with Crippen LogP contribution in [-0.2, 0) is 32.9 Å². The van der Waals surface area contributed by atoms with Crippen molar-refractivity contribution in [1.29, 1.82) is 0 Å². The Kier molecular flexibility index (Phi) is 22.0. The molecule has 0 radical (unpaired) electrons. The van der Waals surface area contributed by atoms with E-state index in [1.54, 1.807) is 20.8 Å². The van der Waals surface area contributed by atoms with Crippen molar-refractivity contribution in [2.24, 2.45) is 46.3 Å². The van der Waals surface area contributed by atoms with Gasteiger partial charge in [0.2, 0.25) is 11.8 Å². The molecule has 12 nitrogen and oxygen atoms in total. The van der Waals surface area contributed by atoms with Crippen LogP contribution in [0.3, 0.4) is 0 Å². The number of aliphatic hydroxyl groups is 2. The van der Waals surface area contributed by atoms with Gasteiger partial charge in [0.25, 0.3) is 0 Å². The number of unbranched alkanes of at least 4 members (excludes halogenated alkanes) is 8. The van der Waals surface area contributed by atoms with Gasteiger partial charge < -0.3 is 44.5 Å². The van der Waals surface area contributed by atoms with E-state index in [0.717, 1.165) is 70.8 Å². The summed E-state index contributed by atoms with van der Waals surface area (Å²) in [5.74, 6) is 3.39. The van der Waals surface area contributed by atoms with Crippen LogP contribution in [0.15, 0.2) is 0 Å². The summed E-state index contributed by atoms with van der Waals surface area (Å²) in [6, 6.07) is 0. The molecule has 4 aliphatic rings. The Morgan fingerprint density at radius 2 is 1.23 bits per heavy atom. The lowest BCUT2D eigenvalue weighted by Crippen LogP contribution is -2.58. The van der Waals surface area contributed by atoms with Crippen molar-refractivity contribution >= 4 is 19.4 Å². The molecule has 0 aliphatic heterocycles. The lowest BCUT2D eigenvalue weighted by Gasteiger charge is -2.62. The van der Waals surface area contributed by atoms with Gasteiger partial charge in [-0.15, -0.1) is 0 Å². The minimum absolute atomic E-state index is 0.0536. The SMILES string of the molecule is C[C@H](CCC(=O)NCCCCCCCCCCCC(=O)NCCOCCOCCOCCOP(=O)(O)C(C)(C)C)C1CCC2C3C(CC[C@@]21C)[C@@]1(C)CC[C@@H](O)CC1C[C@H]3O. The van der Waals surface area contributed by atoms with E-state index in [1.807, 2.05) is 0 Å².